The molecule has 0 aromatic rings. The van der Waals surface area contributed by atoms with Gasteiger partial charge in [-0.2, -0.15) is 0 Å². The summed E-state index contributed by atoms with van der Waals surface area (Å²) in [4.78, 5) is 13.5. The van der Waals surface area contributed by atoms with Crippen LogP contribution in [0.3, 0.4) is 0 Å². The predicted molar refractivity (Wildman–Crippen MR) is 215 cm³/mol. The molecular weight excluding hydrogens is 673 g/mol. The van der Waals surface area contributed by atoms with Crippen LogP contribution >= 0.6 is 0 Å². The van der Waals surface area contributed by atoms with Crippen LogP contribution < -0.4 is 0 Å². The second-order valence-corrected chi connectivity index (χ2v) is 27.2. The van der Waals surface area contributed by atoms with Crippen molar-refractivity contribution in [2.45, 2.75) is 172 Å². The fourth-order valence-electron chi connectivity index (χ4n) is 5.93. The zero-order chi connectivity index (χ0) is 38.0. The van der Waals surface area contributed by atoms with E-state index in [4.69, 9.17) is 27.8 Å². The summed E-state index contributed by atoms with van der Waals surface area (Å²) in [5, 5.41) is 0.0163. The Morgan fingerprint density at radius 1 is 0.961 bits per heavy atom. The second-order valence-electron chi connectivity index (χ2n) is 17.7. The van der Waals surface area contributed by atoms with Gasteiger partial charge in [0.25, 0.3) is 0 Å². The van der Waals surface area contributed by atoms with Crippen LogP contribution in [0, 0.1) is 0 Å². The van der Waals surface area contributed by atoms with Crippen molar-refractivity contribution in [2.24, 2.45) is 0 Å². The summed E-state index contributed by atoms with van der Waals surface area (Å²) < 4.78 is 38.6. The van der Waals surface area contributed by atoms with Crippen LogP contribution in [0.15, 0.2) is 72.4 Å². The third kappa shape index (κ3) is 13.8. The molecule has 3 aliphatic rings. The van der Waals surface area contributed by atoms with Crippen LogP contribution in [-0.4, -0.2) is 79.0 Å². The van der Waals surface area contributed by atoms with E-state index in [0.29, 0.717) is 19.4 Å². The maximum Gasteiger partial charge on any atom is 0.330 e. The number of ether oxygens (including phenoxy) is 4. The summed E-state index contributed by atoms with van der Waals surface area (Å²) in [7, 11) is -2.67. The molecule has 51 heavy (non-hydrogen) atoms. The third-order valence-electron chi connectivity index (χ3n) is 11.3. The minimum absolute atomic E-state index is 0.0370. The summed E-state index contributed by atoms with van der Waals surface area (Å²) in [6, 6.07) is 0. The molecule has 0 aromatic carbocycles. The minimum atomic E-state index is -2.28. The van der Waals surface area contributed by atoms with E-state index < -0.39 is 34.8 Å². The monoisotopic (exact) mass is 742 g/mol. The number of rotatable bonds is 8. The number of fused-ring (bicyclic) bond motifs is 2. The summed E-state index contributed by atoms with van der Waals surface area (Å²) in [5.41, 5.74) is 2.47. The van der Waals surface area contributed by atoms with Gasteiger partial charge in [0.15, 0.2) is 16.6 Å². The van der Waals surface area contributed by atoms with Crippen molar-refractivity contribution in [3.63, 3.8) is 0 Å². The molecular formula is C42H70O7Si2. The fraction of sp³-hybridized carbons (Fsp3) is 0.690. The van der Waals surface area contributed by atoms with Crippen LogP contribution in [-0.2, 0) is 32.6 Å². The lowest BCUT2D eigenvalue weighted by Crippen LogP contribution is -2.47. The van der Waals surface area contributed by atoms with E-state index in [1.54, 1.807) is 7.11 Å². The maximum absolute atomic E-state index is 13.5. The topological polar surface area (TPSA) is 72.5 Å². The minimum Gasteiger partial charge on any atom is -0.456 e. The highest BCUT2D eigenvalue weighted by atomic mass is 28.4. The standard InChI is InChI=1S/C42H70O7Si2/c1-31-17-14-20-37-36(44-9)25-23-33(46-37)18-16-22-40(43)47-38(21-15-19-35(30-31)48-50(10,11)41(3,4)5)39(49-51(12,13)42(6,7)8)26-24-34-29-32(2)27-28-45-34/h15-16,19,22-27,33-39H,1,14,17-18,20-21,28-30H2,2-13H3. The van der Waals surface area contributed by atoms with Crippen LogP contribution in [0.4, 0.5) is 0 Å². The van der Waals surface area contributed by atoms with Crippen LogP contribution in [0.2, 0.25) is 36.3 Å². The van der Waals surface area contributed by atoms with Gasteiger partial charge >= 0.3 is 5.97 Å². The van der Waals surface area contributed by atoms with Gasteiger partial charge < -0.3 is 27.8 Å². The number of cyclic esters (lactones) is 1. The Labute approximate surface area is 312 Å². The van der Waals surface area contributed by atoms with Crippen molar-refractivity contribution in [2.75, 3.05) is 13.7 Å². The van der Waals surface area contributed by atoms with E-state index in [0.717, 1.165) is 37.7 Å². The van der Waals surface area contributed by atoms with Crippen LogP contribution in [0.25, 0.3) is 0 Å². The van der Waals surface area contributed by atoms with E-state index in [2.05, 4.69) is 118 Å². The summed E-state index contributed by atoms with van der Waals surface area (Å²) in [6.07, 6.45) is 21.9. The number of esters is 1. The second kappa shape index (κ2) is 18.9. The molecule has 2 bridgehead atoms. The first-order valence-corrected chi connectivity index (χ1v) is 24.9. The molecule has 7 unspecified atom stereocenters. The van der Waals surface area contributed by atoms with E-state index in [1.165, 1.54) is 11.6 Å². The van der Waals surface area contributed by atoms with Gasteiger partial charge in [-0.05, 0) is 81.7 Å². The average molecular weight is 743 g/mol. The van der Waals surface area contributed by atoms with Gasteiger partial charge in [0, 0.05) is 19.6 Å². The van der Waals surface area contributed by atoms with Crippen molar-refractivity contribution >= 4 is 22.6 Å². The Kier molecular flexibility index (Phi) is 16.2. The van der Waals surface area contributed by atoms with Crippen molar-refractivity contribution < 1.29 is 32.6 Å². The smallest absolute Gasteiger partial charge is 0.330 e. The quantitative estimate of drug-likeness (QED) is 0.139. The normalized spacial score (nSPS) is 29.0. The molecule has 7 nitrogen and oxygen atoms in total. The Morgan fingerprint density at radius 2 is 1.67 bits per heavy atom. The van der Waals surface area contributed by atoms with Gasteiger partial charge in [-0.15, -0.1) is 0 Å². The maximum atomic E-state index is 13.5. The summed E-state index contributed by atoms with van der Waals surface area (Å²) in [5.74, 6) is -0.395. The lowest BCUT2D eigenvalue weighted by molar-refractivity contribution is -0.146. The Hall–Kier alpha value is -1.86. The predicted octanol–water partition coefficient (Wildman–Crippen LogP) is 10.3. The van der Waals surface area contributed by atoms with Gasteiger partial charge in [-0.3, -0.25) is 0 Å². The van der Waals surface area contributed by atoms with Crippen LogP contribution in [0.5, 0.6) is 0 Å². The number of carbonyl (C=O) groups is 1. The zero-order valence-corrected chi connectivity index (χ0v) is 36.0. The first-order chi connectivity index (χ1) is 23.7. The van der Waals surface area contributed by atoms with Gasteiger partial charge in [0.1, 0.15) is 18.3 Å². The number of methoxy groups -OCH3 is 1. The van der Waals surface area contributed by atoms with Gasteiger partial charge in [0.2, 0.25) is 0 Å². The van der Waals surface area contributed by atoms with Crippen molar-refractivity contribution in [1.82, 2.24) is 0 Å². The lowest BCUT2D eigenvalue weighted by atomic mass is 9.98. The van der Waals surface area contributed by atoms with Crippen LogP contribution in [0.1, 0.15) is 93.4 Å². The molecule has 7 atom stereocenters. The number of carbonyl (C=O) groups excluding carboxylic acids is 1. The molecule has 9 heteroatoms. The Bertz CT molecular complexity index is 1300. The first kappa shape index (κ1) is 43.5. The number of hydrogen-bond donors (Lipinski definition) is 0. The fourth-order valence-corrected chi connectivity index (χ4v) is 8.47. The average Bonchev–Trinajstić information content (AvgIpc) is 3.01. The molecule has 0 saturated heterocycles. The molecule has 3 aliphatic heterocycles. The zero-order valence-electron chi connectivity index (χ0n) is 34.0. The molecule has 0 N–H and O–H groups in total. The van der Waals surface area contributed by atoms with E-state index in [-0.39, 0.29) is 40.6 Å². The van der Waals surface area contributed by atoms with Gasteiger partial charge in [-0.1, -0.05) is 108 Å². The third-order valence-corrected chi connectivity index (χ3v) is 20.2. The Morgan fingerprint density at radius 3 is 2.31 bits per heavy atom. The molecule has 0 amide bonds. The largest absolute Gasteiger partial charge is 0.456 e. The SMILES string of the molecule is C=C1CCCC2OC(C=CC2OC)CC=CC(=O)OC(C(C=CC2CC(C)=CCO2)O[Si](C)(C)C(C)(C)C)CC=CC(O[Si](C)(C)C(C)(C)C)C1. The molecule has 3 heterocycles. The molecule has 0 saturated carbocycles. The van der Waals surface area contributed by atoms with E-state index in [9.17, 15) is 4.79 Å². The first-order valence-electron chi connectivity index (χ1n) is 19.1. The van der Waals surface area contributed by atoms with Crippen molar-refractivity contribution in [1.29, 1.82) is 0 Å². The van der Waals surface area contributed by atoms with Gasteiger partial charge in [0.05, 0.1) is 31.0 Å². The number of hydrogen-bond acceptors (Lipinski definition) is 7. The van der Waals surface area contributed by atoms with E-state index >= 15 is 0 Å². The lowest BCUT2D eigenvalue weighted by Gasteiger charge is -2.40. The van der Waals surface area contributed by atoms with Crippen molar-refractivity contribution in [3.8, 4) is 0 Å². The Balaban J connectivity index is 2.02. The molecule has 288 valence electrons. The molecule has 0 spiro atoms. The molecule has 0 radical (unpaired) electrons. The highest BCUT2D eigenvalue weighted by molar-refractivity contribution is 6.74. The molecule has 3 rings (SSSR count). The molecule has 0 aliphatic carbocycles. The highest BCUT2D eigenvalue weighted by Crippen LogP contribution is 2.40. The van der Waals surface area contributed by atoms with E-state index in [1.807, 2.05) is 12.2 Å². The summed E-state index contributed by atoms with van der Waals surface area (Å²) in [6.45, 7) is 29.8. The molecule has 0 aromatic heterocycles. The highest BCUT2D eigenvalue weighted by Gasteiger charge is 2.41. The van der Waals surface area contributed by atoms with Crippen molar-refractivity contribution in [3.05, 3.63) is 72.4 Å². The summed E-state index contributed by atoms with van der Waals surface area (Å²) >= 11 is 0. The molecule has 0 fully saturated rings. The van der Waals surface area contributed by atoms with Gasteiger partial charge in [-0.25, -0.2) is 4.79 Å².